The van der Waals surface area contributed by atoms with Crippen LogP contribution in [0.1, 0.15) is 32.6 Å². The number of carbonyl (C=O) groups is 1. The summed E-state index contributed by atoms with van der Waals surface area (Å²) >= 11 is 1.73. The zero-order valence-corrected chi connectivity index (χ0v) is 10.6. The van der Waals surface area contributed by atoms with Crippen molar-refractivity contribution in [3.63, 3.8) is 0 Å². The largest absolute Gasteiger partial charge is 0.353 e. The molecule has 1 aromatic rings. The third kappa shape index (κ3) is 4.04. The summed E-state index contributed by atoms with van der Waals surface area (Å²) in [6, 6.07) is 4.35. The Kier molecular flexibility index (Phi) is 3.91. The third-order valence-electron chi connectivity index (χ3n) is 2.15. The first-order valence-electron chi connectivity index (χ1n) is 5.23. The fraction of sp³-hybridized carbons (Fsp3) is 0.583. The monoisotopic (exact) mass is 225 g/mol. The van der Waals surface area contributed by atoms with Crippen LogP contribution in [0, 0.1) is 5.41 Å². The van der Waals surface area contributed by atoms with Gasteiger partial charge in [-0.15, -0.1) is 11.3 Å². The average molecular weight is 225 g/mol. The Morgan fingerprint density at radius 1 is 1.53 bits per heavy atom. The van der Waals surface area contributed by atoms with Gasteiger partial charge in [-0.1, -0.05) is 26.8 Å². The van der Waals surface area contributed by atoms with Gasteiger partial charge in [0, 0.05) is 22.8 Å². The normalized spacial score (nSPS) is 13.6. The summed E-state index contributed by atoms with van der Waals surface area (Å²) in [4.78, 5) is 13.0. The summed E-state index contributed by atoms with van der Waals surface area (Å²) < 4.78 is 0. The van der Waals surface area contributed by atoms with E-state index in [0.717, 1.165) is 6.42 Å². The van der Waals surface area contributed by atoms with Crippen LogP contribution in [-0.4, -0.2) is 11.9 Å². The molecule has 0 aliphatic rings. The van der Waals surface area contributed by atoms with Crippen molar-refractivity contribution in [3.8, 4) is 0 Å². The van der Waals surface area contributed by atoms with Crippen molar-refractivity contribution in [1.82, 2.24) is 5.32 Å². The Balaban J connectivity index is 2.43. The lowest BCUT2D eigenvalue weighted by atomic mass is 9.95. The Hall–Kier alpha value is -0.830. The van der Waals surface area contributed by atoms with Gasteiger partial charge in [-0.2, -0.15) is 0 Å². The number of rotatable bonds is 3. The Morgan fingerprint density at radius 2 is 2.20 bits per heavy atom. The first-order chi connectivity index (χ1) is 6.89. The van der Waals surface area contributed by atoms with Gasteiger partial charge in [-0.25, -0.2) is 0 Å². The van der Waals surface area contributed by atoms with Gasteiger partial charge in [0.1, 0.15) is 0 Å². The van der Waals surface area contributed by atoms with E-state index in [2.05, 4.69) is 16.8 Å². The lowest BCUT2D eigenvalue weighted by Gasteiger charge is -2.21. The first-order valence-corrected chi connectivity index (χ1v) is 6.11. The first kappa shape index (κ1) is 12.2. The molecule has 0 spiro atoms. The van der Waals surface area contributed by atoms with Gasteiger partial charge in [0.05, 0.1) is 0 Å². The summed E-state index contributed by atoms with van der Waals surface area (Å²) in [6.45, 7) is 7.84. The molecule has 84 valence electrons. The van der Waals surface area contributed by atoms with Crippen LogP contribution >= 0.6 is 11.3 Å². The van der Waals surface area contributed by atoms with E-state index in [0.29, 0.717) is 0 Å². The van der Waals surface area contributed by atoms with Crippen LogP contribution in [0.25, 0.3) is 0 Å². The summed E-state index contributed by atoms with van der Waals surface area (Å²) in [6.07, 6.45) is 0.916. The molecule has 1 amide bonds. The molecule has 0 aliphatic heterocycles. The highest BCUT2D eigenvalue weighted by molar-refractivity contribution is 7.09. The zero-order valence-electron chi connectivity index (χ0n) is 9.83. The standard InChI is InChI=1S/C12H19NOS/c1-9(8-10-6-5-7-15-10)13-11(14)12(2,3)4/h5-7,9H,8H2,1-4H3,(H,13,14)/t9-/m0/s1. The van der Waals surface area contributed by atoms with E-state index in [1.807, 2.05) is 33.8 Å². The van der Waals surface area contributed by atoms with E-state index in [4.69, 9.17) is 0 Å². The molecule has 2 nitrogen and oxygen atoms in total. The number of hydrogen-bond acceptors (Lipinski definition) is 2. The van der Waals surface area contributed by atoms with Crippen LogP contribution < -0.4 is 5.32 Å². The van der Waals surface area contributed by atoms with Crippen molar-refractivity contribution in [1.29, 1.82) is 0 Å². The van der Waals surface area contributed by atoms with E-state index in [1.54, 1.807) is 11.3 Å². The van der Waals surface area contributed by atoms with Crippen LogP contribution in [-0.2, 0) is 11.2 Å². The predicted molar refractivity (Wildman–Crippen MR) is 65.1 cm³/mol. The molecule has 1 rings (SSSR count). The van der Waals surface area contributed by atoms with E-state index in [1.165, 1.54) is 4.88 Å². The molecular formula is C12H19NOS. The number of thiophene rings is 1. The van der Waals surface area contributed by atoms with Gasteiger partial charge in [-0.05, 0) is 18.4 Å². The highest BCUT2D eigenvalue weighted by atomic mass is 32.1. The van der Waals surface area contributed by atoms with E-state index in [9.17, 15) is 4.79 Å². The summed E-state index contributed by atoms with van der Waals surface area (Å²) in [7, 11) is 0. The fourth-order valence-corrected chi connectivity index (χ4v) is 2.06. The molecule has 0 fully saturated rings. The van der Waals surface area contributed by atoms with Gasteiger partial charge in [-0.3, -0.25) is 4.79 Å². The van der Waals surface area contributed by atoms with Crippen LogP contribution in [0.5, 0.6) is 0 Å². The van der Waals surface area contributed by atoms with E-state index in [-0.39, 0.29) is 17.4 Å². The molecule has 0 radical (unpaired) electrons. The molecular weight excluding hydrogens is 206 g/mol. The smallest absolute Gasteiger partial charge is 0.225 e. The molecule has 1 aromatic heterocycles. The van der Waals surface area contributed by atoms with Crippen molar-refractivity contribution < 1.29 is 4.79 Å². The predicted octanol–water partition coefficient (Wildman–Crippen LogP) is 2.84. The van der Waals surface area contributed by atoms with Crippen LogP contribution in [0.15, 0.2) is 17.5 Å². The minimum atomic E-state index is -0.302. The minimum Gasteiger partial charge on any atom is -0.353 e. The Morgan fingerprint density at radius 3 is 2.67 bits per heavy atom. The molecule has 1 atom stereocenters. The van der Waals surface area contributed by atoms with Gasteiger partial charge < -0.3 is 5.32 Å². The molecule has 3 heteroatoms. The van der Waals surface area contributed by atoms with Gasteiger partial charge in [0.25, 0.3) is 0 Å². The molecule has 0 aromatic carbocycles. The van der Waals surface area contributed by atoms with Gasteiger partial charge in [0.15, 0.2) is 0 Å². The highest BCUT2D eigenvalue weighted by Crippen LogP contribution is 2.15. The van der Waals surface area contributed by atoms with E-state index < -0.39 is 0 Å². The van der Waals surface area contributed by atoms with Crippen molar-refractivity contribution >= 4 is 17.2 Å². The molecule has 0 saturated heterocycles. The van der Waals surface area contributed by atoms with Gasteiger partial charge >= 0.3 is 0 Å². The molecule has 1 heterocycles. The summed E-state index contributed by atoms with van der Waals surface area (Å²) in [5.41, 5.74) is -0.302. The van der Waals surface area contributed by atoms with Crippen molar-refractivity contribution in [2.45, 2.75) is 40.2 Å². The third-order valence-corrected chi connectivity index (χ3v) is 3.04. The molecule has 1 N–H and O–H groups in total. The Labute approximate surface area is 95.7 Å². The molecule has 0 bridgehead atoms. The zero-order chi connectivity index (χ0) is 11.5. The maximum atomic E-state index is 11.7. The lowest BCUT2D eigenvalue weighted by Crippen LogP contribution is -2.41. The number of hydrogen-bond donors (Lipinski definition) is 1. The second-order valence-electron chi connectivity index (χ2n) is 4.91. The SMILES string of the molecule is C[C@@H](Cc1cccs1)NC(=O)C(C)(C)C. The number of nitrogens with one attached hydrogen (secondary N) is 1. The maximum absolute atomic E-state index is 11.7. The Bertz CT molecular complexity index is 311. The maximum Gasteiger partial charge on any atom is 0.225 e. The van der Waals surface area contributed by atoms with Gasteiger partial charge in [0.2, 0.25) is 5.91 Å². The summed E-state index contributed by atoms with van der Waals surface area (Å²) in [5.74, 6) is 0.117. The molecule has 15 heavy (non-hydrogen) atoms. The molecule has 0 aliphatic carbocycles. The number of carbonyl (C=O) groups excluding carboxylic acids is 1. The average Bonchev–Trinajstić information content (AvgIpc) is 2.54. The fourth-order valence-electron chi connectivity index (χ4n) is 1.22. The lowest BCUT2D eigenvalue weighted by molar-refractivity contribution is -0.129. The number of amides is 1. The second-order valence-corrected chi connectivity index (χ2v) is 5.94. The topological polar surface area (TPSA) is 29.1 Å². The van der Waals surface area contributed by atoms with Crippen LogP contribution in [0.3, 0.4) is 0 Å². The highest BCUT2D eigenvalue weighted by Gasteiger charge is 2.22. The molecule has 0 unspecified atom stereocenters. The molecule has 0 saturated carbocycles. The minimum absolute atomic E-state index is 0.117. The summed E-state index contributed by atoms with van der Waals surface area (Å²) in [5, 5.41) is 5.09. The second kappa shape index (κ2) is 4.79. The van der Waals surface area contributed by atoms with Crippen molar-refractivity contribution in [2.24, 2.45) is 5.41 Å². The van der Waals surface area contributed by atoms with Crippen molar-refractivity contribution in [2.75, 3.05) is 0 Å². The van der Waals surface area contributed by atoms with E-state index >= 15 is 0 Å². The quantitative estimate of drug-likeness (QED) is 0.842. The van der Waals surface area contributed by atoms with Crippen molar-refractivity contribution in [3.05, 3.63) is 22.4 Å². The van der Waals surface area contributed by atoms with Crippen LogP contribution in [0.2, 0.25) is 0 Å². The van der Waals surface area contributed by atoms with Crippen LogP contribution in [0.4, 0.5) is 0 Å².